The molecule has 5 aromatic rings. The van der Waals surface area contributed by atoms with Gasteiger partial charge in [0.1, 0.15) is 22.1 Å². The fourth-order valence-electron chi connectivity index (χ4n) is 5.40. The van der Waals surface area contributed by atoms with Crippen molar-refractivity contribution in [2.45, 2.75) is 41.6 Å². The van der Waals surface area contributed by atoms with Crippen molar-refractivity contribution in [3.63, 3.8) is 0 Å². The molecule has 0 aliphatic carbocycles. The molecular weight excluding hydrogens is 839 g/mol. The normalized spacial score (nSPS) is 12.3. The third-order valence-electron chi connectivity index (χ3n) is 8.33. The van der Waals surface area contributed by atoms with E-state index in [-0.39, 0.29) is 31.0 Å². The van der Waals surface area contributed by atoms with Gasteiger partial charge in [0.05, 0.1) is 43.6 Å². The number of halogens is 1. The minimum Gasteiger partial charge on any atom is -0.497 e. The summed E-state index contributed by atoms with van der Waals surface area (Å²) in [6.07, 6.45) is -1.42. The average Bonchev–Trinajstić information content (AvgIpc) is 3.61. The van der Waals surface area contributed by atoms with Crippen LogP contribution < -0.4 is 19.5 Å². The van der Waals surface area contributed by atoms with Gasteiger partial charge in [0, 0.05) is 23.2 Å². The summed E-state index contributed by atoms with van der Waals surface area (Å²) in [5.41, 5.74) is 1.93. The Labute approximate surface area is 321 Å². The lowest BCUT2D eigenvalue weighted by molar-refractivity contribution is 0.194. The SMILES string of the molecule is COc1ccc(CN(Cc2ccc(OC)cc2)S(=O)(=O)c2c(S(=O)(=O)[C@H](C)CNC(=O)O)ccc(I)c2-c2nnnn2Cc2ccc(OC)cc2)cc1. The maximum atomic E-state index is 15.4. The van der Waals surface area contributed by atoms with E-state index < -0.39 is 47.5 Å². The molecule has 0 aliphatic rings. The number of rotatable bonds is 16. The van der Waals surface area contributed by atoms with Crippen molar-refractivity contribution in [1.82, 2.24) is 29.8 Å². The Morgan fingerprint density at radius 1 is 0.811 bits per heavy atom. The number of benzene rings is 4. The smallest absolute Gasteiger partial charge is 0.404 e. The van der Waals surface area contributed by atoms with E-state index in [2.05, 4.69) is 20.8 Å². The summed E-state index contributed by atoms with van der Waals surface area (Å²) in [5, 5.41) is 22.2. The molecule has 0 unspecified atom stereocenters. The maximum absolute atomic E-state index is 15.4. The summed E-state index contributed by atoms with van der Waals surface area (Å²) >= 11 is 1.94. The molecule has 5 rings (SSSR count). The molecule has 15 nitrogen and oxygen atoms in total. The summed E-state index contributed by atoms with van der Waals surface area (Å²) < 4.78 is 78.2. The fraction of sp³-hybridized carbons (Fsp3) is 0.257. The van der Waals surface area contributed by atoms with Crippen molar-refractivity contribution in [3.8, 4) is 28.6 Å². The molecule has 4 aromatic carbocycles. The zero-order valence-corrected chi connectivity index (χ0v) is 32.9. The summed E-state index contributed by atoms with van der Waals surface area (Å²) in [6, 6.07) is 23.5. The first kappa shape index (κ1) is 39.4. The zero-order valence-electron chi connectivity index (χ0n) is 29.1. The van der Waals surface area contributed by atoms with Crippen LogP contribution in [0, 0.1) is 3.57 Å². The second-order valence-corrected chi connectivity index (χ2v) is 17.1. The Hall–Kier alpha value is -4.79. The molecule has 0 saturated carbocycles. The van der Waals surface area contributed by atoms with E-state index in [1.54, 1.807) is 79.9 Å². The van der Waals surface area contributed by atoms with E-state index in [1.807, 2.05) is 22.6 Å². The number of carboxylic acid groups (broad SMARTS) is 1. The maximum Gasteiger partial charge on any atom is 0.404 e. The van der Waals surface area contributed by atoms with Crippen LogP contribution in [0.1, 0.15) is 23.6 Å². The van der Waals surface area contributed by atoms with E-state index in [9.17, 15) is 18.3 Å². The second kappa shape index (κ2) is 16.9. The quantitative estimate of drug-likeness (QED) is 0.129. The van der Waals surface area contributed by atoms with Gasteiger partial charge in [-0.1, -0.05) is 36.4 Å². The molecule has 1 heterocycles. The van der Waals surface area contributed by atoms with Gasteiger partial charge in [0.25, 0.3) is 0 Å². The molecule has 1 amide bonds. The van der Waals surface area contributed by atoms with Crippen molar-refractivity contribution >= 4 is 48.5 Å². The monoisotopic (exact) mass is 876 g/mol. The topological polar surface area (TPSA) is 192 Å². The van der Waals surface area contributed by atoms with Crippen LogP contribution in [0.2, 0.25) is 0 Å². The Bertz CT molecular complexity index is 2220. The van der Waals surface area contributed by atoms with Crippen LogP contribution in [0.4, 0.5) is 4.79 Å². The van der Waals surface area contributed by atoms with Crippen molar-refractivity contribution < 1.29 is 40.9 Å². The highest BCUT2D eigenvalue weighted by Crippen LogP contribution is 2.39. The fourth-order valence-corrected chi connectivity index (χ4v) is 9.97. The summed E-state index contributed by atoms with van der Waals surface area (Å²) in [5.74, 6) is 1.77. The third-order valence-corrected chi connectivity index (χ3v) is 13.4. The zero-order chi connectivity index (χ0) is 38.3. The highest BCUT2D eigenvalue weighted by molar-refractivity contribution is 14.1. The molecule has 1 aromatic heterocycles. The van der Waals surface area contributed by atoms with Gasteiger partial charge in [-0.15, -0.1) is 5.10 Å². The lowest BCUT2D eigenvalue weighted by atomic mass is 10.2. The van der Waals surface area contributed by atoms with Gasteiger partial charge in [0.15, 0.2) is 15.7 Å². The van der Waals surface area contributed by atoms with Crippen LogP contribution in [0.25, 0.3) is 11.4 Å². The van der Waals surface area contributed by atoms with E-state index in [0.717, 1.165) is 5.56 Å². The standard InChI is InChI=1S/C35H37IN6O9S2/c1-23(19-37-35(43)44)52(45,46)31-18-17-30(36)32(34-38-39-40-42(34)22-26-9-15-29(51-4)16-10-26)33(31)53(47,48)41(20-24-5-11-27(49-2)12-6-24)21-25-7-13-28(50-3)14-8-25/h5-18,23,37H,19-22H2,1-4H3,(H,43,44)/t23-/m1/s1. The number of amides is 1. The molecule has 0 fully saturated rings. The van der Waals surface area contributed by atoms with Gasteiger partial charge in [-0.05, 0) is 105 Å². The molecule has 0 bridgehead atoms. The molecule has 0 aliphatic heterocycles. The number of methoxy groups -OCH3 is 3. The number of hydrogen-bond acceptors (Lipinski definition) is 11. The lowest BCUT2D eigenvalue weighted by Crippen LogP contribution is -2.36. The van der Waals surface area contributed by atoms with Crippen molar-refractivity contribution in [2.24, 2.45) is 0 Å². The van der Waals surface area contributed by atoms with Crippen LogP contribution in [0.15, 0.2) is 94.7 Å². The molecule has 0 saturated heterocycles. The number of nitrogens with zero attached hydrogens (tertiary/aromatic N) is 5. The van der Waals surface area contributed by atoms with Gasteiger partial charge >= 0.3 is 6.09 Å². The van der Waals surface area contributed by atoms with Crippen LogP contribution in [0.5, 0.6) is 17.2 Å². The second-order valence-electron chi connectivity index (χ2n) is 11.8. The highest BCUT2D eigenvalue weighted by Gasteiger charge is 2.39. The number of carbonyl (C=O) groups is 1. The van der Waals surface area contributed by atoms with Gasteiger partial charge in [0.2, 0.25) is 10.0 Å². The number of nitrogens with one attached hydrogen (secondary N) is 1. The number of hydrogen-bond donors (Lipinski definition) is 2. The Balaban J connectivity index is 1.74. The van der Waals surface area contributed by atoms with Crippen molar-refractivity contribution in [3.05, 3.63) is 105 Å². The molecule has 280 valence electrons. The number of sulfone groups is 1. The summed E-state index contributed by atoms with van der Waals surface area (Å²) in [7, 11) is -4.69. The summed E-state index contributed by atoms with van der Waals surface area (Å²) in [6.45, 7) is 0.610. The van der Waals surface area contributed by atoms with Crippen LogP contribution in [-0.2, 0) is 39.5 Å². The lowest BCUT2D eigenvalue weighted by Gasteiger charge is -2.26. The molecule has 1 atom stereocenters. The largest absolute Gasteiger partial charge is 0.497 e. The molecule has 0 spiro atoms. The Morgan fingerprint density at radius 2 is 1.30 bits per heavy atom. The van der Waals surface area contributed by atoms with E-state index in [0.29, 0.717) is 31.9 Å². The minimum absolute atomic E-state index is 0.00556. The third kappa shape index (κ3) is 9.06. The number of sulfonamides is 1. The molecule has 2 N–H and O–H groups in total. The predicted octanol–water partition coefficient (Wildman–Crippen LogP) is 4.84. The number of ether oxygens (including phenoxy) is 3. The number of tetrazole rings is 1. The first-order valence-corrected chi connectivity index (χ1v) is 20.0. The Morgan fingerprint density at radius 3 is 1.77 bits per heavy atom. The van der Waals surface area contributed by atoms with Crippen LogP contribution in [0.3, 0.4) is 0 Å². The van der Waals surface area contributed by atoms with E-state index in [4.69, 9.17) is 14.2 Å². The first-order valence-electron chi connectivity index (χ1n) is 16.0. The van der Waals surface area contributed by atoms with Crippen LogP contribution >= 0.6 is 22.6 Å². The van der Waals surface area contributed by atoms with E-state index in [1.165, 1.54) is 42.3 Å². The van der Waals surface area contributed by atoms with Gasteiger partial charge in [-0.2, -0.15) is 4.31 Å². The van der Waals surface area contributed by atoms with Crippen LogP contribution in [-0.4, -0.2) is 85.7 Å². The molecule has 53 heavy (non-hydrogen) atoms. The van der Waals surface area contributed by atoms with Gasteiger partial charge in [-0.3, -0.25) is 0 Å². The van der Waals surface area contributed by atoms with Gasteiger partial charge < -0.3 is 24.6 Å². The van der Waals surface area contributed by atoms with Crippen molar-refractivity contribution in [2.75, 3.05) is 27.9 Å². The van der Waals surface area contributed by atoms with E-state index >= 15 is 8.42 Å². The minimum atomic E-state index is -4.76. The first-order chi connectivity index (χ1) is 25.3. The highest BCUT2D eigenvalue weighted by atomic mass is 127. The number of aromatic nitrogens is 4. The molecule has 0 radical (unpaired) electrons. The summed E-state index contributed by atoms with van der Waals surface area (Å²) in [4.78, 5) is 10.3. The average molecular weight is 877 g/mol. The van der Waals surface area contributed by atoms with Crippen molar-refractivity contribution in [1.29, 1.82) is 0 Å². The van der Waals surface area contributed by atoms with Gasteiger partial charge in [-0.25, -0.2) is 26.3 Å². The molecule has 18 heteroatoms. The Kier molecular flexibility index (Phi) is 12.6. The molecular formula is C35H37IN6O9S2. The predicted molar refractivity (Wildman–Crippen MR) is 203 cm³/mol.